The molecule has 2 unspecified atom stereocenters. The molecular weight excluding hydrogens is 282 g/mol. The molecule has 1 aliphatic rings. The van der Waals surface area contributed by atoms with E-state index in [-0.39, 0.29) is 17.9 Å². The molecular formula is C14H14F6. The lowest BCUT2D eigenvalue weighted by molar-refractivity contribution is -0.148. The topological polar surface area (TPSA) is 0 Å². The van der Waals surface area contributed by atoms with Crippen LogP contribution in [0.1, 0.15) is 48.8 Å². The molecule has 1 saturated carbocycles. The molecule has 0 bridgehead atoms. The Balaban J connectivity index is 2.37. The van der Waals surface area contributed by atoms with Crippen molar-refractivity contribution in [3.8, 4) is 0 Å². The van der Waals surface area contributed by atoms with Crippen LogP contribution in [0, 0.1) is 5.92 Å². The Hall–Kier alpha value is -1.20. The van der Waals surface area contributed by atoms with E-state index in [2.05, 4.69) is 0 Å². The summed E-state index contributed by atoms with van der Waals surface area (Å²) in [5.74, 6) is -2.51. The maximum absolute atomic E-state index is 12.8. The molecule has 1 aromatic carbocycles. The van der Waals surface area contributed by atoms with Crippen molar-refractivity contribution >= 4 is 0 Å². The predicted molar refractivity (Wildman–Crippen MR) is 62.4 cm³/mol. The molecule has 0 spiro atoms. The molecule has 2 rings (SSSR count). The number of alkyl halides is 6. The lowest BCUT2D eigenvalue weighted by Gasteiger charge is -2.14. The van der Waals surface area contributed by atoms with Crippen LogP contribution in [0.2, 0.25) is 0 Å². The summed E-state index contributed by atoms with van der Waals surface area (Å²) >= 11 is 0. The standard InChI is InChI=1S/C14H14F6/c1-7(2)8-3-9(5-10(4-8)13(15,16)17)11-6-12(11)14(18,19)20/h3-5,7,11-12H,6H2,1-2H3. The van der Waals surface area contributed by atoms with E-state index < -0.39 is 29.8 Å². The van der Waals surface area contributed by atoms with Gasteiger partial charge in [-0.25, -0.2) is 0 Å². The van der Waals surface area contributed by atoms with Crippen molar-refractivity contribution in [2.45, 2.75) is 44.5 Å². The molecule has 0 N–H and O–H groups in total. The van der Waals surface area contributed by atoms with Gasteiger partial charge in [0.15, 0.2) is 0 Å². The predicted octanol–water partition coefficient (Wildman–Crippen LogP) is 5.49. The zero-order valence-corrected chi connectivity index (χ0v) is 10.9. The van der Waals surface area contributed by atoms with Gasteiger partial charge < -0.3 is 0 Å². The highest BCUT2D eigenvalue weighted by atomic mass is 19.4. The molecule has 6 heteroatoms. The molecule has 1 fully saturated rings. The normalized spacial score (nSPS) is 23.2. The smallest absolute Gasteiger partial charge is 0.171 e. The fraction of sp³-hybridized carbons (Fsp3) is 0.571. The van der Waals surface area contributed by atoms with E-state index in [1.54, 1.807) is 13.8 Å². The van der Waals surface area contributed by atoms with Crippen LogP contribution >= 0.6 is 0 Å². The molecule has 0 saturated heterocycles. The number of benzene rings is 1. The molecule has 112 valence electrons. The quantitative estimate of drug-likeness (QED) is 0.633. The SMILES string of the molecule is CC(C)c1cc(C2CC2C(F)(F)F)cc(C(F)(F)F)c1. The molecule has 0 amide bonds. The van der Waals surface area contributed by atoms with Gasteiger partial charge in [-0.05, 0) is 41.5 Å². The fourth-order valence-corrected chi connectivity index (χ4v) is 2.31. The van der Waals surface area contributed by atoms with Gasteiger partial charge in [-0.3, -0.25) is 0 Å². The van der Waals surface area contributed by atoms with Crippen molar-refractivity contribution in [3.05, 3.63) is 34.9 Å². The number of hydrogen-bond acceptors (Lipinski definition) is 0. The Kier molecular flexibility index (Phi) is 3.55. The molecule has 0 heterocycles. The van der Waals surface area contributed by atoms with Crippen LogP contribution in [-0.2, 0) is 6.18 Å². The van der Waals surface area contributed by atoms with Crippen LogP contribution < -0.4 is 0 Å². The Labute approximate surface area is 112 Å². The molecule has 0 nitrogen and oxygen atoms in total. The van der Waals surface area contributed by atoms with Crippen molar-refractivity contribution in [1.82, 2.24) is 0 Å². The van der Waals surface area contributed by atoms with E-state index in [4.69, 9.17) is 0 Å². The van der Waals surface area contributed by atoms with Gasteiger partial charge in [0.05, 0.1) is 11.5 Å². The van der Waals surface area contributed by atoms with Gasteiger partial charge >= 0.3 is 12.4 Å². The van der Waals surface area contributed by atoms with Crippen molar-refractivity contribution < 1.29 is 26.3 Å². The zero-order valence-electron chi connectivity index (χ0n) is 10.9. The summed E-state index contributed by atoms with van der Waals surface area (Å²) in [6, 6.07) is 3.33. The second kappa shape index (κ2) is 4.67. The fourth-order valence-electron chi connectivity index (χ4n) is 2.31. The molecule has 2 atom stereocenters. The second-order valence-corrected chi connectivity index (χ2v) is 5.53. The van der Waals surface area contributed by atoms with Crippen LogP contribution in [0.25, 0.3) is 0 Å². The molecule has 0 aromatic heterocycles. The number of halogens is 6. The first-order valence-corrected chi connectivity index (χ1v) is 6.29. The summed E-state index contributed by atoms with van der Waals surface area (Å²) in [4.78, 5) is 0. The maximum Gasteiger partial charge on any atom is 0.416 e. The lowest BCUT2D eigenvalue weighted by atomic mass is 9.95. The Morgan fingerprint density at radius 2 is 1.60 bits per heavy atom. The van der Waals surface area contributed by atoms with Crippen molar-refractivity contribution in [2.24, 2.45) is 5.92 Å². The minimum absolute atomic E-state index is 0.123. The third-order valence-corrected chi connectivity index (χ3v) is 3.61. The van der Waals surface area contributed by atoms with Gasteiger partial charge in [-0.1, -0.05) is 19.9 Å². The van der Waals surface area contributed by atoms with Gasteiger partial charge in [-0.2, -0.15) is 26.3 Å². The number of rotatable bonds is 2. The highest BCUT2D eigenvalue weighted by Gasteiger charge is 2.56. The van der Waals surface area contributed by atoms with E-state index in [9.17, 15) is 26.3 Å². The Morgan fingerprint density at radius 3 is 2.00 bits per heavy atom. The highest BCUT2D eigenvalue weighted by Crippen LogP contribution is 2.56. The monoisotopic (exact) mass is 296 g/mol. The summed E-state index contributed by atoms with van der Waals surface area (Å²) < 4.78 is 76.1. The summed E-state index contributed by atoms with van der Waals surface area (Å²) in [5.41, 5.74) is -0.306. The number of hydrogen-bond donors (Lipinski definition) is 0. The van der Waals surface area contributed by atoms with Crippen LogP contribution in [0.3, 0.4) is 0 Å². The van der Waals surface area contributed by atoms with E-state index in [0.717, 1.165) is 12.1 Å². The van der Waals surface area contributed by atoms with E-state index >= 15 is 0 Å². The molecule has 20 heavy (non-hydrogen) atoms. The van der Waals surface area contributed by atoms with Crippen LogP contribution in [0.5, 0.6) is 0 Å². The van der Waals surface area contributed by atoms with E-state index in [1.807, 2.05) is 0 Å². The molecule has 1 aliphatic carbocycles. The summed E-state index contributed by atoms with van der Waals surface area (Å²) in [6.07, 6.45) is -9.00. The maximum atomic E-state index is 12.8. The second-order valence-electron chi connectivity index (χ2n) is 5.53. The van der Waals surface area contributed by atoms with Gasteiger partial charge in [0, 0.05) is 0 Å². The van der Waals surface area contributed by atoms with Crippen molar-refractivity contribution in [2.75, 3.05) is 0 Å². The molecule has 1 aromatic rings. The minimum Gasteiger partial charge on any atom is -0.171 e. The Bertz CT molecular complexity index is 497. The van der Waals surface area contributed by atoms with Crippen LogP contribution in [-0.4, -0.2) is 6.18 Å². The van der Waals surface area contributed by atoms with Crippen molar-refractivity contribution in [1.29, 1.82) is 0 Å². The molecule has 0 radical (unpaired) electrons. The third kappa shape index (κ3) is 3.10. The van der Waals surface area contributed by atoms with E-state index in [1.165, 1.54) is 6.07 Å². The molecule has 0 aliphatic heterocycles. The lowest BCUT2D eigenvalue weighted by Crippen LogP contribution is -2.12. The average molecular weight is 296 g/mol. The zero-order chi connectivity index (χ0) is 15.3. The first-order valence-electron chi connectivity index (χ1n) is 6.29. The van der Waals surface area contributed by atoms with Crippen LogP contribution in [0.4, 0.5) is 26.3 Å². The summed E-state index contributed by atoms with van der Waals surface area (Å²) in [6.45, 7) is 3.43. The van der Waals surface area contributed by atoms with Crippen LogP contribution in [0.15, 0.2) is 18.2 Å². The average Bonchev–Trinajstić information content (AvgIpc) is 3.06. The van der Waals surface area contributed by atoms with Gasteiger partial charge in [-0.15, -0.1) is 0 Å². The third-order valence-electron chi connectivity index (χ3n) is 3.61. The van der Waals surface area contributed by atoms with E-state index in [0.29, 0.717) is 5.56 Å². The highest BCUT2D eigenvalue weighted by molar-refractivity contribution is 5.38. The largest absolute Gasteiger partial charge is 0.416 e. The van der Waals surface area contributed by atoms with Crippen molar-refractivity contribution in [3.63, 3.8) is 0 Å². The summed E-state index contributed by atoms with van der Waals surface area (Å²) in [5, 5.41) is 0. The summed E-state index contributed by atoms with van der Waals surface area (Å²) in [7, 11) is 0. The minimum atomic E-state index is -4.54. The first-order chi connectivity index (χ1) is 9.00. The van der Waals surface area contributed by atoms with Gasteiger partial charge in [0.1, 0.15) is 0 Å². The van der Waals surface area contributed by atoms with Gasteiger partial charge in [0.2, 0.25) is 0 Å². The van der Waals surface area contributed by atoms with Gasteiger partial charge in [0.25, 0.3) is 0 Å². The first kappa shape index (κ1) is 15.2. The Morgan fingerprint density at radius 1 is 1.00 bits per heavy atom.